The van der Waals surface area contributed by atoms with Crippen molar-refractivity contribution in [2.24, 2.45) is 5.92 Å². The molecule has 1 N–H and O–H groups in total. The Hall–Kier alpha value is -3.82. The number of carbonyl (C=O) groups is 2. The predicted octanol–water partition coefficient (Wildman–Crippen LogP) is 2.50. The normalized spacial score (nSPS) is 15.9. The molecule has 4 rings (SSSR count). The molecule has 2 amide bonds. The molecule has 0 spiro atoms. The minimum absolute atomic E-state index is 0.00184. The first-order valence-corrected chi connectivity index (χ1v) is 9.86. The summed E-state index contributed by atoms with van der Waals surface area (Å²) in [5.41, 5.74) is 1.12. The molecule has 9 nitrogen and oxygen atoms in total. The average Bonchev–Trinajstić information content (AvgIpc) is 3.36. The van der Waals surface area contributed by atoms with Gasteiger partial charge in [0.25, 0.3) is 0 Å². The lowest BCUT2D eigenvalue weighted by molar-refractivity contribution is -0.122. The summed E-state index contributed by atoms with van der Waals surface area (Å²) in [7, 11) is 0. The lowest BCUT2D eigenvalue weighted by Gasteiger charge is -2.20. The average molecular weight is 424 g/mol. The van der Waals surface area contributed by atoms with Crippen LogP contribution in [0.5, 0.6) is 5.75 Å². The number of aryl methyl sites for hydroxylation is 1. The van der Waals surface area contributed by atoms with E-state index in [0.717, 1.165) is 0 Å². The summed E-state index contributed by atoms with van der Waals surface area (Å²) in [6.07, 6.45) is 0.0275. The summed E-state index contributed by atoms with van der Waals surface area (Å²) in [4.78, 5) is 27.0. The number of hydrogen-bond acceptors (Lipinski definition) is 6. The van der Waals surface area contributed by atoms with E-state index in [-0.39, 0.29) is 24.6 Å². The zero-order valence-corrected chi connectivity index (χ0v) is 17.1. The van der Waals surface area contributed by atoms with Gasteiger partial charge in [0.1, 0.15) is 11.6 Å². The maximum absolute atomic E-state index is 14.3. The van der Waals surface area contributed by atoms with Gasteiger partial charge in [-0.25, -0.2) is 4.39 Å². The number of halogens is 1. The number of benzene rings is 2. The smallest absolute Gasteiger partial charge is 0.229 e. The monoisotopic (exact) mass is 424 g/mol. The predicted molar refractivity (Wildman–Crippen MR) is 111 cm³/mol. The van der Waals surface area contributed by atoms with E-state index in [1.165, 1.54) is 27.8 Å². The van der Waals surface area contributed by atoms with Crippen LogP contribution in [0, 0.1) is 18.7 Å². The number of ether oxygens (including phenoxy) is 1. The van der Waals surface area contributed by atoms with Gasteiger partial charge >= 0.3 is 0 Å². The molecule has 1 unspecified atom stereocenters. The van der Waals surface area contributed by atoms with Gasteiger partial charge in [-0.2, -0.15) is 4.68 Å². The van der Waals surface area contributed by atoms with Crippen molar-refractivity contribution in [1.82, 2.24) is 20.2 Å². The SMILES string of the molecule is CCOc1ccccc1N1CC(C(=O)Nc2cc(-n3nnnc3C)ccc2F)CC1=O. The number of tetrazole rings is 1. The van der Waals surface area contributed by atoms with Gasteiger partial charge in [0, 0.05) is 13.0 Å². The van der Waals surface area contributed by atoms with E-state index >= 15 is 0 Å². The number of anilines is 2. The molecule has 1 saturated heterocycles. The molecule has 1 aliphatic heterocycles. The third-order valence-corrected chi connectivity index (χ3v) is 5.03. The van der Waals surface area contributed by atoms with Gasteiger partial charge in [-0.3, -0.25) is 9.59 Å². The van der Waals surface area contributed by atoms with Crippen molar-refractivity contribution in [3.05, 3.63) is 54.1 Å². The van der Waals surface area contributed by atoms with Crippen LogP contribution < -0.4 is 15.0 Å². The zero-order valence-electron chi connectivity index (χ0n) is 17.1. The van der Waals surface area contributed by atoms with Crippen LogP contribution in [-0.2, 0) is 9.59 Å². The summed E-state index contributed by atoms with van der Waals surface area (Å²) < 4.78 is 21.4. The van der Waals surface area contributed by atoms with E-state index in [0.29, 0.717) is 29.6 Å². The largest absolute Gasteiger partial charge is 0.492 e. The maximum Gasteiger partial charge on any atom is 0.229 e. The zero-order chi connectivity index (χ0) is 22.0. The number of rotatable bonds is 6. The summed E-state index contributed by atoms with van der Waals surface area (Å²) in [5, 5.41) is 13.8. The Morgan fingerprint density at radius 1 is 1.29 bits per heavy atom. The standard InChI is InChI=1S/C21H21FN6O3/c1-3-31-19-7-5-4-6-18(19)27-12-14(10-20(27)29)21(30)23-17-11-15(8-9-16(17)22)28-13(2)24-25-26-28/h4-9,11,14H,3,10,12H2,1-2H3,(H,23,30). The van der Waals surface area contributed by atoms with Crippen molar-refractivity contribution in [3.63, 3.8) is 0 Å². The molecule has 0 radical (unpaired) electrons. The Bertz CT molecular complexity index is 1130. The number of nitrogens with one attached hydrogen (secondary N) is 1. The highest BCUT2D eigenvalue weighted by molar-refractivity contribution is 6.04. The molecule has 10 heteroatoms. The molecule has 1 fully saturated rings. The van der Waals surface area contributed by atoms with E-state index in [1.54, 1.807) is 25.1 Å². The molecule has 2 heterocycles. The van der Waals surface area contributed by atoms with Crippen molar-refractivity contribution in [3.8, 4) is 11.4 Å². The van der Waals surface area contributed by atoms with Crippen molar-refractivity contribution < 1.29 is 18.7 Å². The Kier molecular flexibility index (Phi) is 5.61. The van der Waals surface area contributed by atoms with Crippen molar-refractivity contribution in [2.45, 2.75) is 20.3 Å². The number of nitrogens with zero attached hydrogens (tertiary/aromatic N) is 5. The van der Waals surface area contributed by atoms with Crippen molar-refractivity contribution in [2.75, 3.05) is 23.4 Å². The van der Waals surface area contributed by atoms with Crippen LogP contribution in [0.2, 0.25) is 0 Å². The number of aromatic nitrogens is 4. The Balaban J connectivity index is 1.52. The molecule has 3 aromatic rings. The first-order valence-electron chi connectivity index (χ1n) is 9.86. The van der Waals surface area contributed by atoms with Crippen molar-refractivity contribution in [1.29, 1.82) is 0 Å². The topological polar surface area (TPSA) is 102 Å². The molecule has 1 aliphatic rings. The van der Waals surface area contributed by atoms with Crippen LogP contribution in [0.4, 0.5) is 15.8 Å². The number of amides is 2. The Morgan fingerprint density at radius 3 is 2.84 bits per heavy atom. The second-order valence-corrected chi connectivity index (χ2v) is 7.10. The fourth-order valence-electron chi connectivity index (χ4n) is 3.52. The number of para-hydroxylation sites is 2. The molecular weight excluding hydrogens is 403 g/mol. The van der Waals surface area contributed by atoms with Gasteiger partial charge in [-0.15, -0.1) is 5.10 Å². The lowest BCUT2D eigenvalue weighted by atomic mass is 10.1. The second kappa shape index (κ2) is 8.50. The summed E-state index contributed by atoms with van der Waals surface area (Å²) in [5.74, 6) is -0.741. The van der Waals surface area contributed by atoms with E-state index in [1.807, 2.05) is 13.0 Å². The van der Waals surface area contributed by atoms with Crippen LogP contribution >= 0.6 is 0 Å². The quantitative estimate of drug-likeness (QED) is 0.652. The number of hydrogen-bond donors (Lipinski definition) is 1. The first kappa shape index (κ1) is 20.5. The lowest BCUT2D eigenvalue weighted by Crippen LogP contribution is -2.28. The highest BCUT2D eigenvalue weighted by Crippen LogP contribution is 2.33. The van der Waals surface area contributed by atoms with Crippen molar-refractivity contribution >= 4 is 23.2 Å². The highest BCUT2D eigenvalue weighted by Gasteiger charge is 2.36. The minimum Gasteiger partial charge on any atom is -0.492 e. The van der Waals surface area contributed by atoms with E-state index in [2.05, 4.69) is 20.8 Å². The Labute approximate surface area is 177 Å². The molecule has 1 atom stereocenters. The fourth-order valence-corrected chi connectivity index (χ4v) is 3.52. The van der Waals surface area contributed by atoms with Gasteiger partial charge in [-0.1, -0.05) is 12.1 Å². The molecule has 31 heavy (non-hydrogen) atoms. The van der Waals surface area contributed by atoms with Crippen LogP contribution in [0.1, 0.15) is 19.2 Å². The van der Waals surface area contributed by atoms with E-state index in [9.17, 15) is 14.0 Å². The van der Waals surface area contributed by atoms with Crippen LogP contribution in [0.15, 0.2) is 42.5 Å². The van der Waals surface area contributed by atoms with Crippen LogP contribution in [0.25, 0.3) is 5.69 Å². The minimum atomic E-state index is -0.625. The molecule has 1 aromatic heterocycles. The van der Waals surface area contributed by atoms with Gasteiger partial charge in [0.05, 0.1) is 29.6 Å². The molecule has 2 aromatic carbocycles. The third-order valence-electron chi connectivity index (χ3n) is 5.03. The van der Waals surface area contributed by atoms with E-state index < -0.39 is 17.6 Å². The molecule has 160 valence electrons. The first-order chi connectivity index (χ1) is 15.0. The van der Waals surface area contributed by atoms with Crippen LogP contribution in [-0.4, -0.2) is 45.2 Å². The molecule has 0 saturated carbocycles. The van der Waals surface area contributed by atoms with Gasteiger partial charge < -0.3 is 15.0 Å². The molecule has 0 bridgehead atoms. The number of carbonyl (C=O) groups excluding carboxylic acids is 2. The maximum atomic E-state index is 14.3. The highest BCUT2D eigenvalue weighted by atomic mass is 19.1. The summed E-state index contributed by atoms with van der Waals surface area (Å²) in [6, 6.07) is 11.4. The third kappa shape index (κ3) is 4.09. The van der Waals surface area contributed by atoms with Gasteiger partial charge in [0.2, 0.25) is 11.8 Å². The summed E-state index contributed by atoms with van der Waals surface area (Å²) in [6.45, 7) is 4.21. The van der Waals surface area contributed by atoms with E-state index in [4.69, 9.17) is 4.74 Å². The second-order valence-electron chi connectivity index (χ2n) is 7.10. The Morgan fingerprint density at radius 2 is 2.10 bits per heavy atom. The molecular formula is C21H21FN6O3. The van der Waals surface area contributed by atoms with Crippen LogP contribution in [0.3, 0.4) is 0 Å². The molecule has 0 aliphatic carbocycles. The summed E-state index contributed by atoms with van der Waals surface area (Å²) >= 11 is 0. The van der Waals surface area contributed by atoms with Gasteiger partial charge in [0.15, 0.2) is 5.82 Å². The van der Waals surface area contributed by atoms with Gasteiger partial charge in [-0.05, 0) is 54.6 Å². The fraction of sp³-hybridized carbons (Fsp3) is 0.286.